The molecule has 116 valence electrons. The Hall–Kier alpha value is -0.870. The van der Waals surface area contributed by atoms with E-state index in [9.17, 15) is 9.90 Å². The van der Waals surface area contributed by atoms with Crippen LogP contribution in [0.2, 0.25) is 0 Å². The number of thiophene rings is 1. The third-order valence-electron chi connectivity index (χ3n) is 5.15. The fourth-order valence-electron chi connectivity index (χ4n) is 4.06. The predicted octanol–water partition coefficient (Wildman–Crippen LogP) is 3.23. The van der Waals surface area contributed by atoms with E-state index in [0.717, 1.165) is 38.5 Å². The van der Waals surface area contributed by atoms with Gasteiger partial charge >= 0.3 is 0 Å². The summed E-state index contributed by atoms with van der Waals surface area (Å²) in [6, 6.07) is 2.11. The second-order valence-electron chi connectivity index (χ2n) is 6.87. The number of hydrogen-bond acceptors (Lipinski definition) is 3. The van der Waals surface area contributed by atoms with Crippen LogP contribution in [-0.2, 0) is 11.2 Å². The van der Waals surface area contributed by atoms with E-state index < -0.39 is 0 Å². The number of aliphatic hydroxyl groups is 1. The molecule has 0 aliphatic heterocycles. The fourth-order valence-corrected chi connectivity index (χ4v) is 5.05. The van der Waals surface area contributed by atoms with E-state index in [1.807, 2.05) is 0 Å². The van der Waals surface area contributed by atoms with E-state index in [4.69, 9.17) is 0 Å². The highest BCUT2D eigenvalue weighted by molar-refractivity contribution is 7.10. The van der Waals surface area contributed by atoms with E-state index in [2.05, 4.69) is 23.7 Å². The zero-order chi connectivity index (χ0) is 14.9. The summed E-state index contributed by atoms with van der Waals surface area (Å²) in [5.41, 5.74) is 0.836. The summed E-state index contributed by atoms with van der Waals surface area (Å²) in [4.78, 5) is 14.2. The van der Waals surface area contributed by atoms with Crippen LogP contribution in [0.15, 0.2) is 11.4 Å². The fraction of sp³-hybridized carbons (Fsp3) is 0.706. The Morgan fingerprint density at radius 2 is 2.33 bits per heavy atom. The van der Waals surface area contributed by atoms with Crippen molar-refractivity contribution in [2.45, 2.75) is 63.3 Å². The van der Waals surface area contributed by atoms with Crippen molar-refractivity contribution >= 4 is 17.2 Å². The van der Waals surface area contributed by atoms with Gasteiger partial charge in [-0.1, -0.05) is 19.8 Å². The Kier molecular flexibility index (Phi) is 4.36. The molecule has 4 heteroatoms. The summed E-state index contributed by atoms with van der Waals surface area (Å²) in [5.74, 6) is 0.687. The molecule has 3 atom stereocenters. The molecule has 2 aliphatic rings. The molecule has 1 fully saturated rings. The number of nitrogens with one attached hydrogen (secondary N) is 1. The van der Waals surface area contributed by atoms with Crippen LogP contribution in [-0.4, -0.2) is 23.2 Å². The molecule has 0 radical (unpaired) electrons. The highest BCUT2D eigenvalue weighted by atomic mass is 32.1. The van der Waals surface area contributed by atoms with E-state index in [-0.39, 0.29) is 24.0 Å². The Morgan fingerprint density at radius 3 is 3.10 bits per heavy atom. The summed E-state index contributed by atoms with van der Waals surface area (Å²) in [6.45, 7) is 2.28. The van der Waals surface area contributed by atoms with Crippen molar-refractivity contribution in [1.29, 1.82) is 0 Å². The van der Waals surface area contributed by atoms with E-state index in [1.54, 1.807) is 11.3 Å². The number of hydrogen-bond donors (Lipinski definition) is 2. The number of amides is 1. The van der Waals surface area contributed by atoms with Gasteiger partial charge in [-0.2, -0.15) is 0 Å². The molecule has 0 saturated heterocycles. The van der Waals surface area contributed by atoms with E-state index in [0.29, 0.717) is 5.92 Å². The van der Waals surface area contributed by atoms with E-state index >= 15 is 0 Å². The molecule has 0 spiro atoms. The third kappa shape index (κ3) is 3.02. The van der Waals surface area contributed by atoms with Gasteiger partial charge in [0.25, 0.3) is 0 Å². The van der Waals surface area contributed by atoms with Crippen molar-refractivity contribution < 1.29 is 9.90 Å². The van der Waals surface area contributed by atoms with Crippen molar-refractivity contribution in [1.82, 2.24) is 5.32 Å². The molecule has 0 bridgehead atoms. The van der Waals surface area contributed by atoms with Gasteiger partial charge in [0.05, 0.1) is 18.1 Å². The second-order valence-corrected chi connectivity index (χ2v) is 7.87. The average Bonchev–Trinajstić information content (AvgIpc) is 2.95. The van der Waals surface area contributed by atoms with Gasteiger partial charge in [-0.15, -0.1) is 11.3 Å². The number of rotatable bonds is 3. The molecule has 1 heterocycles. The van der Waals surface area contributed by atoms with Crippen LogP contribution in [0.3, 0.4) is 0 Å². The molecule has 3 rings (SSSR count). The highest BCUT2D eigenvalue weighted by Crippen LogP contribution is 2.37. The molecule has 3 nitrogen and oxygen atoms in total. The molecule has 1 aromatic heterocycles. The Balaban J connectivity index is 1.74. The standard InChI is InChI=1S/C17H25NO2S/c1-12-4-3-8-17(10-12,11-19)18-16(20)14-5-2-6-15-13(14)7-9-21-15/h7,9,12,14,19H,2-6,8,10-11H2,1H3,(H,18,20). The number of carbonyl (C=O) groups is 1. The first-order valence-corrected chi connectivity index (χ1v) is 9.01. The monoisotopic (exact) mass is 307 g/mol. The quantitative estimate of drug-likeness (QED) is 0.901. The van der Waals surface area contributed by atoms with Gasteiger partial charge in [-0.3, -0.25) is 4.79 Å². The molecule has 0 aromatic carbocycles. The molecule has 1 amide bonds. The van der Waals surface area contributed by atoms with Crippen LogP contribution >= 0.6 is 11.3 Å². The minimum absolute atomic E-state index is 0.0133. The summed E-state index contributed by atoms with van der Waals surface area (Å²) in [6.07, 6.45) is 7.24. The number of carbonyl (C=O) groups excluding carboxylic acids is 1. The van der Waals surface area contributed by atoms with Gasteiger partial charge in [0.2, 0.25) is 5.91 Å². The maximum Gasteiger partial charge on any atom is 0.228 e. The zero-order valence-electron chi connectivity index (χ0n) is 12.7. The molecule has 2 aliphatic carbocycles. The van der Waals surface area contributed by atoms with Crippen LogP contribution in [0.5, 0.6) is 0 Å². The third-order valence-corrected chi connectivity index (χ3v) is 6.15. The zero-order valence-corrected chi connectivity index (χ0v) is 13.5. The summed E-state index contributed by atoms with van der Waals surface area (Å²) >= 11 is 1.77. The first kappa shape index (κ1) is 15.0. The molecule has 1 saturated carbocycles. The Bertz CT molecular complexity index is 513. The molecular weight excluding hydrogens is 282 g/mol. The minimum atomic E-state index is -0.387. The maximum atomic E-state index is 12.8. The van der Waals surface area contributed by atoms with Gasteiger partial charge in [-0.25, -0.2) is 0 Å². The van der Waals surface area contributed by atoms with E-state index in [1.165, 1.54) is 16.9 Å². The summed E-state index contributed by atoms with van der Waals surface area (Å²) in [5, 5.41) is 15.2. The van der Waals surface area contributed by atoms with Gasteiger partial charge in [0.1, 0.15) is 0 Å². The molecular formula is C17H25NO2S. The van der Waals surface area contributed by atoms with Crippen LogP contribution < -0.4 is 5.32 Å². The maximum absolute atomic E-state index is 12.8. The molecule has 21 heavy (non-hydrogen) atoms. The van der Waals surface area contributed by atoms with Crippen molar-refractivity contribution in [3.63, 3.8) is 0 Å². The topological polar surface area (TPSA) is 49.3 Å². The lowest BCUT2D eigenvalue weighted by molar-refractivity contribution is -0.126. The Morgan fingerprint density at radius 1 is 1.48 bits per heavy atom. The van der Waals surface area contributed by atoms with Gasteiger partial charge < -0.3 is 10.4 Å². The minimum Gasteiger partial charge on any atom is -0.394 e. The lowest BCUT2D eigenvalue weighted by Gasteiger charge is -2.40. The average molecular weight is 307 g/mol. The van der Waals surface area contributed by atoms with Gasteiger partial charge in [0, 0.05) is 4.88 Å². The molecule has 3 unspecified atom stereocenters. The largest absolute Gasteiger partial charge is 0.394 e. The lowest BCUT2D eigenvalue weighted by atomic mass is 9.76. The van der Waals surface area contributed by atoms with Gasteiger partial charge in [-0.05, 0) is 55.0 Å². The normalized spacial score (nSPS) is 32.5. The smallest absolute Gasteiger partial charge is 0.228 e. The molecule has 1 aromatic rings. The van der Waals surface area contributed by atoms with Crippen molar-refractivity contribution in [2.75, 3.05) is 6.61 Å². The Labute approximate surface area is 130 Å². The number of fused-ring (bicyclic) bond motifs is 1. The lowest BCUT2D eigenvalue weighted by Crippen LogP contribution is -2.55. The number of aliphatic hydroxyl groups excluding tert-OH is 1. The van der Waals surface area contributed by atoms with Crippen molar-refractivity contribution in [3.05, 3.63) is 21.9 Å². The second kappa shape index (κ2) is 6.09. The summed E-state index contributed by atoms with van der Waals surface area (Å²) < 4.78 is 0. The van der Waals surface area contributed by atoms with Crippen molar-refractivity contribution in [2.24, 2.45) is 5.92 Å². The highest BCUT2D eigenvalue weighted by Gasteiger charge is 2.38. The molecule has 2 N–H and O–H groups in total. The van der Waals surface area contributed by atoms with Crippen LogP contribution in [0.1, 0.15) is 61.8 Å². The van der Waals surface area contributed by atoms with Crippen LogP contribution in [0.4, 0.5) is 0 Å². The predicted molar refractivity (Wildman–Crippen MR) is 85.6 cm³/mol. The first-order valence-electron chi connectivity index (χ1n) is 8.13. The SMILES string of the molecule is CC1CCCC(CO)(NC(=O)C2CCCc3sccc32)C1. The van der Waals surface area contributed by atoms with Crippen molar-refractivity contribution in [3.8, 4) is 0 Å². The number of aryl methyl sites for hydroxylation is 1. The first-order chi connectivity index (χ1) is 10.1. The van der Waals surface area contributed by atoms with Crippen LogP contribution in [0.25, 0.3) is 0 Å². The van der Waals surface area contributed by atoms with Crippen LogP contribution in [0, 0.1) is 5.92 Å². The van der Waals surface area contributed by atoms with Gasteiger partial charge in [0.15, 0.2) is 0 Å². The summed E-state index contributed by atoms with van der Waals surface area (Å²) in [7, 11) is 0.